The van der Waals surface area contributed by atoms with Gasteiger partial charge in [0.05, 0.1) is 18.5 Å². The summed E-state index contributed by atoms with van der Waals surface area (Å²) in [4.78, 5) is 12.9. The zero-order chi connectivity index (χ0) is 14.0. The standard InChI is InChI=1S/C12H15N5O2S/c1-20-12-15-10(13)6-11(16-12)17(3-14-6)7-4-2-5(4)8(18)9(7)19/h3-5,7-9,18-19H,2H2,1H3,(H2,13,15,16)/t4-,5+,7+,8-,9+/m0/s1. The van der Waals surface area contributed by atoms with Crippen molar-refractivity contribution in [2.45, 2.75) is 29.8 Å². The summed E-state index contributed by atoms with van der Waals surface area (Å²) in [5, 5.41) is 20.7. The van der Waals surface area contributed by atoms with Crippen molar-refractivity contribution >= 4 is 28.7 Å². The highest BCUT2D eigenvalue weighted by molar-refractivity contribution is 7.98. The maximum absolute atomic E-state index is 10.2. The van der Waals surface area contributed by atoms with Crippen molar-refractivity contribution in [2.24, 2.45) is 11.8 Å². The molecule has 2 aromatic heterocycles. The fourth-order valence-electron chi connectivity index (χ4n) is 3.33. The van der Waals surface area contributed by atoms with E-state index in [1.807, 2.05) is 10.8 Å². The molecule has 0 saturated heterocycles. The van der Waals surface area contributed by atoms with Gasteiger partial charge in [-0.2, -0.15) is 0 Å². The van der Waals surface area contributed by atoms with Crippen LogP contribution in [-0.4, -0.2) is 48.2 Å². The molecule has 4 N–H and O–H groups in total. The molecule has 0 spiro atoms. The first-order valence-corrected chi connectivity index (χ1v) is 7.74. The number of aliphatic hydroxyl groups is 2. The summed E-state index contributed by atoms with van der Waals surface area (Å²) >= 11 is 1.41. The molecule has 5 atom stereocenters. The number of aliphatic hydroxyl groups excluding tert-OH is 2. The van der Waals surface area contributed by atoms with Gasteiger partial charge in [-0.25, -0.2) is 15.0 Å². The summed E-state index contributed by atoms with van der Waals surface area (Å²) in [5.74, 6) is 0.844. The van der Waals surface area contributed by atoms with Gasteiger partial charge in [-0.3, -0.25) is 0 Å². The number of imidazole rings is 1. The molecule has 0 bridgehead atoms. The Bertz CT molecular complexity index is 690. The third-order valence-corrected chi connectivity index (χ3v) is 4.95. The predicted molar refractivity (Wildman–Crippen MR) is 74.2 cm³/mol. The van der Waals surface area contributed by atoms with Crippen molar-refractivity contribution in [1.29, 1.82) is 0 Å². The molecule has 2 aliphatic rings. The van der Waals surface area contributed by atoms with Crippen molar-refractivity contribution in [3.8, 4) is 0 Å². The minimum atomic E-state index is -0.773. The zero-order valence-electron chi connectivity index (χ0n) is 10.8. The number of thioether (sulfide) groups is 1. The first-order valence-electron chi connectivity index (χ1n) is 6.52. The Labute approximate surface area is 119 Å². The van der Waals surface area contributed by atoms with Gasteiger partial charge in [0, 0.05) is 0 Å². The van der Waals surface area contributed by atoms with E-state index in [0.717, 1.165) is 6.42 Å². The molecule has 0 aliphatic heterocycles. The highest BCUT2D eigenvalue weighted by Crippen LogP contribution is 2.57. The van der Waals surface area contributed by atoms with Gasteiger partial charge in [0.2, 0.25) is 0 Å². The van der Waals surface area contributed by atoms with Gasteiger partial charge in [0.15, 0.2) is 16.6 Å². The monoisotopic (exact) mass is 293 g/mol. The Hall–Kier alpha value is -1.38. The lowest BCUT2D eigenvalue weighted by atomic mass is 10.1. The van der Waals surface area contributed by atoms with Crippen molar-refractivity contribution in [2.75, 3.05) is 12.0 Å². The lowest BCUT2D eigenvalue weighted by Gasteiger charge is -2.22. The molecule has 4 rings (SSSR count). The molecular formula is C12H15N5O2S. The van der Waals surface area contributed by atoms with E-state index in [4.69, 9.17) is 5.73 Å². The topological polar surface area (TPSA) is 110 Å². The van der Waals surface area contributed by atoms with Crippen molar-refractivity contribution < 1.29 is 10.2 Å². The maximum Gasteiger partial charge on any atom is 0.191 e. The van der Waals surface area contributed by atoms with E-state index in [-0.39, 0.29) is 12.0 Å². The van der Waals surface area contributed by atoms with Gasteiger partial charge in [-0.15, -0.1) is 0 Å². The van der Waals surface area contributed by atoms with Gasteiger partial charge in [-0.05, 0) is 24.5 Å². The minimum absolute atomic E-state index is 0.177. The Morgan fingerprint density at radius 1 is 1.30 bits per heavy atom. The van der Waals surface area contributed by atoms with Crippen LogP contribution < -0.4 is 5.73 Å². The van der Waals surface area contributed by atoms with E-state index < -0.39 is 12.2 Å². The third-order valence-electron chi connectivity index (χ3n) is 4.40. The molecule has 2 saturated carbocycles. The Morgan fingerprint density at radius 3 is 2.75 bits per heavy atom. The molecule has 0 unspecified atom stereocenters. The molecule has 2 aromatic rings. The van der Waals surface area contributed by atoms with Gasteiger partial charge in [0.1, 0.15) is 11.6 Å². The van der Waals surface area contributed by atoms with Crippen molar-refractivity contribution in [3.63, 3.8) is 0 Å². The van der Waals surface area contributed by atoms with E-state index in [1.54, 1.807) is 6.33 Å². The van der Waals surface area contributed by atoms with Crippen LogP contribution in [0.25, 0.3) is 11.2 Å². The molecular weight excluding hydrogens is 278 g/mol. The summed E-state index contributed by atoms with van der Waals surface area (Å²) < 4.78 is 1.85. The normalized spacial score (nSPS) is 35.5. The van der Waals surface area contributed by atoms with E-state index >= 15 is 0 Å². The molecule has 8 heteroatoms. The SMILES string of the molecule is CSc1nc(N)c2ncn([C@H]3[C@@H](O)[C@@H](O)[C@@H]4C[C@@H]43)c2n1. The lowest BCUT2D eigenvalue weighted by molar-refractivity contribution is 0.00385. The molecule has 106 valence electrons. The van der Waals surface area contributed by atoms with Crippen LogP contribution in [0, 0.1) is 11.8 Å². The second kappa shape index (κ2) is 4.06. The average Bonchev–Trinajstić information content (AvgIpc) is 3.04. The Kier molecular flexibility index (Phi) is 2.51. The van der Waals surface area contributed by atoms with Crippen molar-refractivity contribution in [3.05, 3.63) is 6.33 Å². The summed E-state index contributed by atoms with van der Waals surface area (Å²) in [7, 11) is 0. The smallest absolute Gasteiger partial charge is 0.191 e. The number of anilines is 1. The molecule has 20 heavy (non-hydrogen) atoms. The molecule has 0 amide bonds. The fraction of sp³-hybridized carbons (Fsp3) is 0.583. The lowest BCUT2D eigenvalue weighted by Crippen LogP contribution is -2.31. The second-order valence-corrected chi connectivity index (χ2v) is 6.23. The average molecular weight is 293 g/mol. The largest absolute Gasteiger partial charge is 0.390 e. The highest BCUT2D eigenvalue weighted by atomic mass is 32.2. The summed E-state index contributed by atoms with van der Waals surface area (Å²) in [6.07, 6.45) is 3.04. The van der Waals surface area contributed by atoms with Crippen LogP contribution in [0.4, 0.5) is 5.82 Å². The molecule has 0 aromatic carbocycles. The highest BCUT2D eigenvalue weighted by Gasteiger charge is 2.60. The third kappa shape index (κ3) is 1.52. The Morgan fingerprint density at radius 2 is 2.10 bits per heavy atom. The van der Waals surface area contributed by atoms with E-state index in [1.165, 1.54) is 11.8 Å². The van der Waals surface area contributed by atoms with E-state index in [0.29, 0.717) is 28.1 Å². The maximum atomic E-state index is 10.2. The molecule has 0 radical (unpaired) electrons. The number of hydrogen-bond acceptors (Lipinski definition) is 7. The van der Waals surface area contributed by atoms with E-state index in [2.05, 4.69) is 15.0 Å². The van der Waals surface area contributed by atoms with Gasteiger partial charge in [-0.1, -0.05) is 11.8 Å². The second-order valence-electron chi connectivity index (χ2n) is 5.45. The number of rotatable bonds is 2. The molecule has 2 fully saturated rings. The van der Waals surface area contributed by atoms with Crippen LogP contribution in [0.5, 0.6) is 0 Å². The van der Waals surface area contributed by atoms with Crippen LogP contribution >= 0.6 is 11.8 Å². The van der Waals surface area contributed by atoms with Crippen LogP contribution in [0.2, 0.25) is 0 Å². The van der Waals surface area contributed by atoms with E-state index in [9.17, 15) is 10.2 Å². The molecule has 2 heterocycles. The number of nitrogens with two attached hydrogens (primary N) is 1. The van der Waals surface area contributed by atoms with Crippen LogP contribution in [0.15, 0.2) is 11.5 Å². The molecule has 7 nitrogen and oxygen atoms in total. The van der Waals surface area contributed by atoms with Crippen molar-refractivity contribution in [1.82, 2.24) is 19.5 Å². The predicted octanol–water partition coefficient (Wildman–Crippen LogP) is 0.0430. The number of nitrogen functional groups attached to an aromatic ring is 1. The summed E-state index contributed by atoms with van der Waals surface area (Å²) in [6.45, 7) is 0. The number of fused-ring (bicyclic) bond motifs is 2. The first-order chi connectivity index (χ1) is 9.61. The Balaban J connectivity index is 1.86. The fourth-order valence-corrected chi connectivity index (χ4v) is 3.69. The quantitative estimate of drug-likeness (QED) is 0.530. The molecule has 2 aliphatic carbocycles. The number of hydrogen-bond donors (Lipinski definition) is 3. The van der Waals surface area contributed by atoms with Crippen LogP contribution in [-0.2, 0) is 0 Å². The van der Waals surface area contributed by atoms with Gasteiger partial charge < -0.3 is 20.5 Å². The van der Waals surface area contributed by atoms with Gasteiger partial charge in [0.25, 0.3) is 0 Å². The summed E-state index contributed by atoms with van der Waals surface area (Å²) in [6, 6.07) is -0.177. The minimum Gasteiger partial charge on any atom is -0.390 e. The van der Waals surface area contributed by atoms with Crippen LogP contribution in [0.1, 0.15) is 12.5 Å². The zero-order valence-corrected chi connectivity index (χ0v) is 11.7. The summed E-state index contributed by atoms with van der Waals surface area (Å²) in [5.41, 5.74) is 7.08. The van der Waals surface area contributed by atoms with Gasteiger partial charge >= 0.3 is 0 Å². The number of nitrogens with zero attached hydrogens (tertiary/aromatic N) is 4. The first kappa shape index (κ1) is 12.4. The van der Waals surface area contributed by atoms with Crippen LogP contribution in [0.3, 0.4) is 0 Å². The number of aromatic nitrogens is 4.